The Hall–Kier alpha value is -3.78. The Morgan fingerprint density at radius 3 is 1.78 bits per heavy atom. The third kappa shape index (κ3) is 4.44. The van der Waals surface area contributed by atoms with Crippen molar-refractivity contribution in [2.24, 2.45) is 18.5 Å². The number of imidazole rings is 1. The number of rotatable bonds is 6. The minimum atomic E-state index is -3.27. The first-order valence-corrected chi connectivity index (χ1v) is 13.6. The number of benzene rings is 4. The van der Waals surface area contributed by atoms with Crippen LogP contribution in [0.2, 0.25) is 0 Å². The summed E-state index contributed by atoms with van der Waals surface area (Å²) < 4.78 is 25.9. The predicted octanol–water partition coefficient (Wildman–Crippen LogP) is 4.90. The zero-order valence-electron chi connectivity index (χ0n) is 20.3. The maximum atomic E-state index is 11.9. The van der Waals surface area contributed by atoms with E-state index in [2.05, 4.69) is 41.0 Å². The number of aromatic nitrogens is 2. The van der Waals surface area contributed by atoms with Gasteiger partial charge in [0.15, 0.2) is 9.84 Å². The summed E-state index contributed by atoms with van der Waals surface area (Å²) in [6, 6.07) is 27.7. The first-order chi connectivity index (χ1) is 17.3. The van der Waals surface area contributed by atoms with Crippen LogP contribution < -0.4 is 11.5 Å². The maximum absolute atomic E-state index is 11.9. The molecule has 0 spiro atoms. The molecule has 0 aliphatic heterocycles. The summed E-state index contributed by atoms with van der Waals surface area (Å²) in [5.41, 5.74) is 20.7. The van der Waals surface area contributed by atoms with Gasteiger partial charge >= 0.3 is 0 Å². The molecule has 0 saturated carbocycles. The van der Waals surface area contributed by atoms with Gasteiger partial charge in [0.05, 0.1) is 15.9 Å². The smallest absolute Gasteiger partial charge is 0.175 e. The summed E-state index contributed by atoms with van der Waals surface area (Å²) in [6.45, 7) is 0.988. The van der Waals surface area contributed by atoms with Crippen LogP contribution in [0.5, 0.6) is 0 Å². The van der Waals surface area contributed by atoms with E-state index in [0.717, 1.165) is 55.8 Å². The summed E-state index contributed by atoms with van der Waals surface area (Å²) in [7, 11) is -1.29. The molecule has 0 unspecified atom stereocenters. The van der Waals surface area contributed by atoms with Gasteiger partial charge in [-0.2, -0.15) is 0 Å². The van der Waals surface area contributed by atoms with Gasteiger partial charge in [0.25, 0.3) is 0 Å². The molecular formula is C29H28N4O2S. The molecule has 5 aromatic rings. The van der Waals surface area contributed by atoms with Crippen LogP contribution in [-0.4, -0.2) is 24.2 Å². The fraction of sp³-hybridized carbons (Fsp3) is 0.138. The first kappa shape index (κ1) is 23.9. The SMILES string of the molecule is Cn1c(-c2ccc(S(C)(=O)=O)cc2)nc2c(-c3ccc(CN)cc3)cc(-c3ccc(CN)cc3)cc21. The fourth-order valence-corrected chi connectivity index (χ4v) is 5.07. The minimum Gasteiger partial charge on any atom is -0.327 e. The van der Waals surface area contributed by atoms with E-state index in [9.17, 15) is 8.42 Å². The molecule has 0 aliphatic rings. The van der Waals surface area contributed by atoms with Crippen molar-refractivity contribution in [3.05, 3.63) is 96.1 Å². The van der Waals surface area contributed by atoms with Crippen LogP contribution in [0.1, 0.15) is 11.1 Å². The summed E-state index contributed by atoms with van der Waals surface area (Å²) in [6.07, 6.45) is 1.21. The number of hydrogen-bond donors (Lipinski definition) is 2. The normalized spacial score (nSPS) is 11.8. The van der Waals surface area contributed by atoms with E-state index in [1.807, 2.05) is 31.3 Å². The molecule has 5 rings (SSSR count). The van der Waals surface area contributed by atoms with Crippen LogP contribution >= 0.6 is 0 Å². The Bertz CT molecular complexity index is 1650. The van der Waals surface area contributed by atoms with Crippen molar-refractivity contribution in [3.8, 4) is 33.6 Å². The van der Waals surface area contributed by atoms with Gasteiger partial charge in [-0.25, -0.2) is 13.4 Å². The highest BCUT2D eigenvalue weighted by Crippen LogP contribution is 2.36. The molecule has 7 heteroatoms. The number of fused-ring (bicyclic) bond motifs is 1. The van der Waals surface area contributed by atoms with Crippen molar-refractivity contribution in [2.45, 2.75) is 18.0 Å². The number of nitrogens with zero attached hydrogens (tertiary/aromatic N) is 2. The van der Waals surface area contributed by atoms with Gasteiger partial charge in [0.2, 0.25) is 0 Å². The molecule has 0 amide bonds. The Labute approximate surface area is 211 Å². The molecular weight excluding hydrogens is 468 g/mol. The summed E-state index contributed by atoms with van der Waals surface area (Å²) in [4.78, 5) is 5.31. The molecule has 1 heterocycles. The van der Waals surface area contributed by atoms with Crippen molar-refractivity contribution < 1.29 is 8.42 Å². The predicted molar refractivity (Wildman–Crippen MR) is 146 cm³/mol. The van der Waals surface area contributed by atoms with E-state index in [-0.39, 0.29) is 4.90 Å². The highest BCUT2D eigenvalue weighted by molar-refractivity contribution is 7.90. The molecule has 0 radical (unpaired) electrons. The van der Waals surface area contributed by atoms with E-state index >= 15 is 0 Å². The number of nitrogens with two attached hydrogens (primary N) is 2. The van der Waals surface area contributed by atoms with Crippen LogP contribution in [-0.2, 0) is 30.0 Å². The van der Waals surface area contributed by atoms with Crippen molar-refractivity contribution >= 4 is 20.9 Å². The van der Waals surface area contributed by atoms with Crippen molar-refractivity contribution in [3.63, 3.8) is 0 Å². The van der Waals surface area contributed by atoms with Crippen LogP contribution in [0.3, 0.4) is 0 Å². The van der Waals surface area contributed by atoms with Gasteiger partial charge in [-0.15, -0.1) is 0 Å². The lowest BCUT2D eigenvalue weighted by molar-refractivity contribution is 0.602. The average Bonchev–Trinajstić information content (AvgIpc) is 3.24. The molecule has 4 N–H and O–H groups in total. The molecule has 6 nitrogen and oxygen atoms in total. The van der Waals surface area contributed by atoms with Crippen molar-refractivity contribution in [1.29, 1.82) is 0 Å². The van der Waals surface area contributed by atoms with E-state index < -0.39 is 9.84 Å². The fourth-order valence-electron chi connectivity index (χ4n) is 4.44. The molecule has 1 aromatic heterocycles. The second-order valence-electron chi connectivity index (χ2n) is 8.98. The second kappa shape index (κ2) is 9.35. The van der Waals surface area contributed by atoms with Crippen LogP contribution in [0.4, 0.5) is 0 Å². The van der Waals surface area contributed by atoms with Crippen LogP contribution in [0.15, 0.2) is 89.8 Å². The van der Waals surface area contributed by atoms with Crippen molar-refractivity contribution in [1.82, 2.24) is 9.55 Å². The van der Waals surface area contributed by atoms with Gasteiger partial charge in [-0.05, 0) is 64.2 Å². The third-order valence-corrected chi connectivity index (χ3v) is 7.68. The van der Waals surface area contributed by atoms with E-state index in [4.69, 9.17) is 16.5 Å². The first-order valence-electron chi connectivity index (χ1n) is 11.7. The molecule has 4 aromatic carbocycles. The zero-order chi connectivity index (χ0) is 25.4. The highest BCUT2D eigenvalue weighted by Gasteiger charge is 2.17. The van der Waals surface area contributed by atoms with Gasteiger partial charge in [0, 0.05) is 37.5 Å². The number of sulfone groups is 1. The topological polar surface area (TPSA) is 104 Å². The van der Waals surface area contributed by atoms with Crippen LogP contribution in [0.25, 0.3) is 44.7 Å². The standard InChI is InChI=1S/C29H28N4O2S/c1-33-27-16-24(21-7-3-19(17-30)4-8-21)15-26(22-9-5-20(18-31)6-10-22)28(27)32-29(33)23-11-13-25(14-12-23)36(2,34)35/h3-16H,17-18,30-31H2,1-2H3. The zero-order valence-corrected chi connectivity index (χ0v) is 21.1. The molecule has 182 valence electrons. The van der Waals surface area contributed by atoms with Gasteiger partial charge in [-0.3, -0.25) is 0 Å². The van der Waals surface area contributed by atoms with E-state index in [0.29, 0.717) is 13.1 Å². The van der Waals surface area contributed by atoms with Crippen molar-refractivity contribution in [2.75, 3.05) is 6.26 Å². The largest absolute Gasteiger partial charge is 0.327 e. The number of aryl methyl sites for hydroxylation is 1. The number of hydrogen-bond acceptors (Lipinski definition) is 5. The van der Waals surface area contributed by atoms with E-state index in [1.54, 1.807) is 24.3 Å². The Morgan fingerprint density at radius 1 is 0.722 bits per heavy atom. The highest BCUT2D eigenvalue weighted by atomic mass is 32.2. The lowest BCUT2D eigenvalue weighted by atomic mass is 9.96. The summed E-state index contributed by atoms with van der Waals surface area (Å²) in [5, 5.41) is 0. The summed E-state index contributed by atoms with van der Waals surface area (Å²) in [5.74, 6) is 0.764. The van der Waals surface area contributed by atoms with Gasteiger partial charge in [0.1, 0.15) is 5.82 Å². The minimum absolute atomic E-state index is 0.286. The molecule has 0 bridgehead atoms. The molecule has 0 saturated heterocycles. The maximum Gasteiger partial charge on any atom is 0.175 e. The van der Waals surface area contributed by atoms with E-state index in [1.165, 1.54) is 6.26 Å². The molecule has 0 aliphatic carbocycles. The molecule has 0 atom stereocenters. The van der Waals surface area contributed by atoms with Gasteiger partial charge in [-0.1, -0.05) is 48.5 Å². The monoisotopic (exact) mass is 496 g/mol. The molecule has 36 heavy (non-hydrogen) atoms. The van der Waals surface area contributed by atoms with Gasteiger partial charge < -0.3 is 16.0 Å². The third-order valence-electron chi connectivity index (χ3n) is 6.55. The quantitative estimate of drug-likeness (QED) is 0.348. The lowest BCUT2D eigenvalue weighted by Gasteiger charge is -2.10. The molecule has 0 fully saturated rings. The van der Waals surface area contributed by atoms with Crippen LogP contribution in [0, 0.1) is 0 Å². The second-order valence-corrected chi connectivity index (χ2v) is 11.0. The Kier molecular flexibility index (Phi) is 6.22. The summed E-state index contributed by atoms with van der Waals surface area (Å²) >= 11 is 0. The Balaban J connectivity index is 1.72. The Morgan fingerprint density at radius 2 is 1.25 bits per heavy atom. The average molecular weight is 497 g/mol. The lowest BCUT2D eigenvalue weighted by Crippen LogP contribution is -1.97.